The summed E-state index contributed by atoms with van der Waals surface area (Å²) in [7, 11) is 0. The van der Waals surface area contributed by atoms with Gasteiger partial charge in [-0.15, -0.1) is 10.2 Å². The third kappa shape index (κ3) is 3.23. The Labute approximate surface area is 117 Å². The normalized spacial score (nSPS) is 24.3. The Morgan fingerprint density at radius 2 is 1.89 bits per heavy atom. The van der Waals surface area contributed by atoms with Crippen molar-refractivity contribution in [3.05, 3.63) is 10.4 Å². The van der Waals surface area contributed by atoms with Crippen molar-refractivity contribution in [2.24, 2.45) is 11.8 Å². The average Bonchev–Trinajstić information content (AvgIpc) is 2.34. The molecule has 2 atom stereocenters. The van der Waals surface area contributed by atoms with E-state index in [0.29, 0.717) is 23.7 Å². The molecule has 1 aliphatic carbocycles. The second-order valence-electron chi connectivity index (χ2n) is 5.16. The highest BCUT2D eigenvalue weighted by Gasteiger charge is 2.28. The molecule has 6 heteroatoms. The van der Waals surface area contributed by atoms with Gasteiger partial charge in [0.15, 0.2) is 11.0 Å². The molecule has 0 amide bonds. The first-order valence-corrected chi connectivity index (χ1v) is 7.15. The molecular weight excluding hydrogens is 271 g/mol. The van der Waals surface area contributed by atoms with Gasteiger partial charge in [-0.05, 0) is 36.3 Å². The van der Waals surface area contributed by atoms with E-state index in [1.165, 1.54) is 19.3 Å². The number of halogens is 2. The Morgan fingerprint density at radius 3 is 2.61 bits per heavy atom. The first kappa shape index (κ1) is 13.8. The van der Waals surface area contributed by atoms with Crippen molar-refractivity contribution < 1.29 is 0 Å². The summed E-state index contributed by atoms with van der Waals surface area (Å²) >= 11 is 11.7. The van der Waals surface area contributed by atoms with Crippen molar-refractivity contribution >= 4 is 29.0 Å². The average molecular weight is 289 g/mol. The number of anilines is 1. The van der Waals surface area contributed by atoms with Crippen molar-refractivity contribution in [3.63, 3.8) is 0 Å². The first-order valence-electron chi connectivity index (χ1n) is 6.40. The SMILES string of the molecule is CC(C)C1CCCCC1Nc1nc(Cl)nnc1Cl. The van der Waals surface area contributed by atoms with Gasteiger partial charge in [0.2, 0.25) is 5.28 Å². The van der Waals surface area contributed by atoms with Gasteiger partial charge < -0.3 is 5.32 Å². The Kier molecular flexibility index (Phi) is 4.62. The topological polar surface area (TPSA) is 50.7 Å². The predicted molar refractivity (Wildman–Crippen MR) is 74.1 cm³/mol. The largest absolute Gasteiger partial charge is 0.364 e. The minimum atomic E-state index is 0.124. The molecule has 1 aliphatic rings. The second-order valence-corrected chi connectivity index (χ2v) is 5.86. The molecule has 1 fully saturated rings. The maximum Gasteiger partial charge on any atom is 0.245 e. The van der Waals surface area contributed by atoms with Gasteiger partial charge in [0.05, 0.1) is 0 Å². The van der Waals surface area contributed by atoms with Crippen LogP contribution in [-0.4, -0.2) is 21.2 Å². The van der Waals surface area contributed by atoms with Crippen LogP contribution in [0.4, 0.5) is 5.82 Å². The molecule has 2 unspecified atom stereocenters. The molecule has 1 N–H and O–H groups in total. The Bertz CT molecular complexity index is 411. The first-order chi connectivity index (χ1) is 8.58. The van der Waals surface area contributed by atoms with Crippen LogP contribution in [0.25, 0.3) is 0 Å². The molecule has 0 aliphatic heterocycles. The van der Waals surface area contributed by atoms with Gasteiger partial charge in [-0.3, -0.25) is 0 Å². The van der Waals surface area contributed by atoms with Crippen LogP contribution < -0.4 is 5.32 Å². The fourth-order valence-corrected chi connectivity index (χ4v) is 2.95. The quantitative estimate of drug-likeness (QED) is 0.919. The maximum absolute atomic E-state index is 5.99. The molecule has 18 heavy (non-hydrogen) atoms. The highest BCUT2D eigenvalue weighted by molar-refractivity contribution is 6.32. The van der Waals surface area contributed by atoms with E-state index in [0.717, 1.165) is 6.42 Å². The van der Waals surface area contributed by atoms with E-state index in [1.54, 1.807) is 0 Å². The van der Waals surface area contributed by atoms with Crippen LogP contribution in [0.3, 0.4) is 0 Å². The highest BCUT2D eigenvalue weighted by atomic mass is 35.5. The van der Waals surface area contributed by atoms with Crippen molar-refractivity contribution in [3.8, 4) is 0 Å². The fraction of sp³-hybridized carbons (Fsp3) is 0.750. The molecule has 4 nitrogen and oxygen atoms in total. The van der Waals surface area contributed by atoms with Crippen LogP contribution in [0.1, 0.15) is 39.5 Å². The van der Waals surface area contributed by atoms with E-state index in [2.05, 4.69) is 34.3 Å². The number of nitrogens with zero attached hydrogens (tertiary/aromatic N) is 3. The number of nitrogens with one attached hydrogen (secondary N) is 1. The summed E-state index contributed by atoms with van der Waals surface area (Å²) in [5.74, 6) is 1.84. The van der Waals surface area contributed by atoms with E-state index >= 15 is 0 Å². The standard InChI is InChI=1S/C12H18Cl2N4/c1-7(2)8-5-3-4-6-9(8)15-11-10(13)17-18-12(14)16-11/h7-9H,3-6H2,1-2H3,(H,15,16,18). The van der Waals surface area contributed by atoms with Gasteiger partial charge in [-0.1, -0.05) is 38.3 Å². The number of aromatic nitrogens is 3. The van der Waals surface area contributed by atoms with Gasteiger partial charge in [-0.25, -0.2) is 0 Å². The minimum absolute atomic E-state index is 0.124. The smallest absolute Gasteiger partial charge is 0.245 e. The zero-order valence-electron chi connectivity index (χ0n) is 10.7. The summed E-state index contributed by atoms with van der Waals surface area (Å²) in [4.78, 5) is 4.11. The van der Waals surface area contributed by atoms with Gasteiger partial charge in [0, 0.05) is 6.04 Å². The summed E-state index contributed by atoms with van der Waals surface area (Å²) in [6.07, 6.45) is 4.93. The maximum atomic E-state index is 5.99. The van der Waals surface area contributed by atoms with E-state index in [4.69, 9.17) is 23.2 Å². The van der Waals surface area contributed by atoms with Crippen molar-refractivity contribution in [1.82, 2.24) is 15.2 Å². The van der Waals surface area contributed by atoms with Crippen LogP contribution >= 0.6 is 23.2 Å². The fourth-order valence-electron chi connectivity index (χ4n) is 2.70. The van der Waals surface area contributed by atoms with E-state index in [1.807, 2.05) is 0 Å². The van der Waals surface area contributed by atoms with E-state index in [-0.39, 0.29) is 10.4 Å². The van der Waals surface area contributed by atoms with Gasteiger partial charge in [-0.2, -0.15) is 4.98 Å². The van der Waals surface area contributed by atoms with Gasteiger partial charge >= 0.3 is 0 Å². The lowest BCUT2D eigenvalue weighted by Crippen LogP contribution is -2.35. The summed E-state index contributed by atoms with van der Waals surface area (Å²) in [5, 5.41) is 11.2. The Morgan fingerprint density at radius 1 is 1.17 bits per heavy atom. The van der Waals surface area contributed by atoms with E-state index < -0.39 is 0 Å². The molecule has 1 heterocycles. The molecule has 100 valence electrons. The van der Waals surface area contributed by atoms with Crippen LogP contribution in [0.2, 0.25) is 10.4 Å². The molecular formula is C12H18Cl2N4. The third-order valence-corrected chi connectivity index (χ3v) is 4.03. The lowest BCUT2D eigenvalue weighted by atomic mass is 9.78. The lowest BCUT2D eigenvalue weighted by Gasteiger charge is -2.35. The highest BCUT2D eigenvalue weighted by Crippen LogP contribution is 2.33. The Hall–Kier alpha value is -0.610. The monoisotopic (exact) mass is 288 g/mol. The van der Waals surface area contributed by atoms with Crippen LogP contribution in [0, 0.1) is 11.8 Å². The third-order valence-electron chi connectivity index (χ3n) is 3.62. The Balaban J connectivity index is 2.13. The summed E-state index contributed by atoms with van der Waals surface area (Å²) < 4.78 is 0. The minimum Gasteiger partial charge on any atom is -0.364 e. The molecule has 1 saturated carbocycles. The van der Waals surface area contributed by atoms with Crippen LogP contribution in [0.5, 0.6) is 0 Å². The number of rotatable bonds is 3. The van der Waals surface area contributed by atoms with Crippen molar-refractivity contribution in [2.45, 2.75) is 45.6 Å². The van der Waals surface area contributed by atoms with E-state index in [9.17, 15) is 0 Å². The molecule has 1 aromatic heterocycles. The molecule has 0 saturated heterocycles. The molecule has 0 spiro atoms. The molecule has 2 rings (SSSR count). The summed E-state index contributed by atoms with van der Waals surface area (Å²) in [5.41, 5.74) is 0. The van der Waals surface area contributed by atoms with Gasteiger partial charge in [0.1, 0.15) is 0 Å². The zero-order chi connectivity index (χ0) is 13.1. The second kappa shape index (κ2) is 6.02. The number of hydrogen-bond donors (Lipinski definition) is 1. The molecule has 0 radical (unpaired) electrons. The zero-order valence-corrected chi connectivity index (χ0v) is 12.2. The van der Waals surface area contributed by atoms with Crippen LogP contribution in [0.15, 0.2) is 0 Å². The molecule has 1 aromatic rings. The van der Waals surface area contributed by atoms with Crippen LogP contribution in [-0.2, 0) is 0 Å². The van der Waals surface area contributed by atoms with Gasteiger partial charge in [0.25, 0.3) is 0 Å². The van der Waals surface area contributed by atoms with Crippen molar-refractivity contribution in [2.75, 3.05) is 5.32 Å². The summed E-state index contributed by atoms with van der Waals surface area (Å²) in [6, 6.07) is 0.393. The predicted octanol–water partition coefficient (Wildman–Crippen LogP) is 3.81. The number of hydrogen-bond acceptors (Lipinski definition) is 4. The summed E-state index contributed by atoms with van der Waals surface area (Å²) in [6.45, 7) is 4.52. The lowest BCUT2D eigenvalue weighted by molar-refractivity contribution is 0.253. The molecule has 0 bridgehead atoms. The molecule has 0 aromatic carbocycles. The van der Waals surface area contributed by atoms with Crippen molar-refractivity contribution in [1.29, 1.82) is 0 Å².